The van der Waals surface area contributed by atoms with Gasteiger partial charge in [0.25, 0.3) is 10.0 Å². The van der Waals surface area contributed by atoms with Crippen LogP contribution >= 0.6 is 27.5 Å². The zero-order valence-corrected chi connectivity index (χ0v) is 12.8. The number of anilines is 1. The normalized spacial score (nSPS) is 11.3. The van der Waals surface area contributed by atoms with Crippen molar-refractivity contribution < 1.29 is 8.42 Å². The Kier molecular flexibility index (Phi) is 4.44. The summed E-state index contributed by atoms with van der Waals surface area (Å²) in [5.74, 6) is 0. The van der Waals surface area contributed by atoms with E-state index in [0.29, 0.717) is 5.33 Å². The number of benzene rings is 1. The van der Waals surface area contributed by atoms with Gasteiger partial charge in [0.2, 0.25) is 0 Å². The number of alkyl halides is 1. The average Bonchev–Trinajstić information content (AvgIpc) is 2.41. The van der Waals surface area contributed by atoms with Crippen molar-refractivity contribution in [3.05, 3.63) is 53.3 Å². The third kappa shape index (κ3) is 3.46. The number of halogens is 2. The molecule has 0 aliphatic rings. The zero-order chi connectivity index (χ0) is 13.9. The van der Waals surface area contributed by atoms with Crippen molar-refractivity contribution in [3.8, 4) is 0 Å². The largest absolute Gasteiger partial charge is 0.276 e. The fraction of sp³-hybridized carbons (Fsp3) is 0.0833. The molecule has 1 N–H and O–H groups in total. The van der Waals surface area contributed by atoms with Gasteiger partial charge >= 0.3 is 0 Å². The first-order valence-electron chi connectivity index (χ1n) is 5.31. The van der Waals surface area contributed by atoms with Gasteiger partial charge in [-0.25, -0.2) is 13.4 Å². The first-order valence-corrected chi connectivity index (χ1v) is 8.29. The van der Waals surface area contributed by atoms with E-state index in [2.05, 4.69) is 25.6 Å². The minimum Gasteiger partial charge on any atom is -0.276 e. The van der Waals surface area contributed by atoms with E-state index in [-0.39, 0.29) is 15.7 Å². The lowest BCUT2D eigenvalue weighted by Gasteiger charge is -2.09. The van der Waals surface area contributed by atoms with Crippen LogP contribution in [0.3, 0.4) is 0 Å². The molecule has 0 aliphatic heterocycles. The number of rotatable bonds is 4. The molecule has 1 heterocycles. The standard InChI is InChI=1S/C12H10BrClN2O2S/c13-8-9-3-5-10(6-4-9)19(17,18)16-11-2-1-7-15-12(11)14/h1-7,16H,8H2. The molecule has 0 spiro atoms. The molecule has 2 aromatic rings. The van der Waals surface area contributed by atoms with Crippen molar-refractivity contribution in [2.24, 2.45) is 0 Å². The maximum absolute atomic E-state index is 12.1. The first kappa shape index (κ1) is 14.3. The quantitative estimate of drug-likeness (QED) is 0.670. The number of nitrogens with one attached hydrogen (secondary N) is 1. The van der Waals surface area contributed by atoms with Crippen molar-refractivity contribution in [3.63, 3.8) is 0 Å². The first-order chi connectivity index (χ1) is 9.03. The summed E-state index contributed by atoms with van der Waals surface area (Å²) >= 11 is 9.13. The summed E-state index contributed by atoms with van der Waals surface area (Å²) in [6.07, 6.45) is 1.49. The van der Waals surface area contributed by atoms with E-state index in [0.717, 1.165) is 5.56 Å². The van der Waals surface area contributed by atoms with Crippen molar-refractivity contribution in [1.29, 1.82) is 0 Å². The molecule has 0 radical (unpaired) electrons. The van der Waals surface area contributed by atoms with E-state index in [1.807, 2.05) is 0 Å². The highest BCUT2D eigenvalue weighted by atomic mass is 79.9. The van der Waals surface area contributed by atoms with Gasteiger partial charge in [-0.15, -0.1) is 0 Å². The lowest BCUT2D eigenvalue weighted by molar-refractivity contribution is 0.601. The molecule has 100 valence electrons. The number of sulfonamides is 1. The van der Waals surface area contributed by atoms with Gasteiger partial charge in [0.05, 0.1) is 10.6 Å². The molecule has 4 nitrogen and oxygen atoms in total. The molecule has 1 aromatic carbocycles. The smallest absolute Gasteiger partial charge is 0.261 e. The maximum Gasteiger partial charge on any atom is 0.261 e. The number of hydrogen-bond acceptors (Lipinski definition) is 3. The second kappa shape index (κ2) is 5.90. The Morgan fingerprint density at radius 1 is 1.21 bits per heavy atom. The number of hydrogen-bond donors (Lipinski definition) is 1. The third-order valence-corrected chi connectivity index (χ3v) is 4.72. The van der Waals surface area contributed by atoms with Gasteiger partial charge in [0.1, 0.15) is 0 Å². The summed E-state index contributed by atoms with van der Waals surface area (Å²) in [4.78, 5) is 3.99. The Bertz CT molecular complexity index is 674. The molecule has 19 heavy (non-hydrogen) atoms. The number of aromatic nitrogens is 1. The fourth-order valence-electron chi connectivity index (χ4n) is 1.42. The predicted molar refractivity (Wildman–Crippen MR) is 79.1 cm³/mol. The summed E-state index contributed by atoms with van der Waals surface area (Å²) < 4.78 is 26.7. The Labute approximate surface area is 125 Å². The highest BCUT2D eigenvalue weighted by Crippen LogP contribution is 2.22. The van der Waals surface area contributed by atoms with Crippen LogP contribution in [0.25, 0.3) is 0 Å². The Hall–Kier alpha value is -1.11. The lowest BCUT2D eigenvalue weighted by Crippen LogP contribution is -2.13. The van der Waals surface area contributed by atoms with E-state index in [1.54, 1.807) is 36.4 Å². The second-order valence-electron chi connectivity index (χ2n) is 3.72. The molecule has 0 fully saturated rings. The van der Waals surface area contributed by atoms with Crippen LogP contribution in [0.5, 0.6) is 0 Å². The van der Waals surface area contributed by atoms with E-state index >= 15 is 0 Å². The SMILES string of the molecule is O=S(=O)(Nc1cccnc1Cl)c1ccc(CBr)cc1. The van der Waals surface area contributed by atoms with Crippen LogP contribution in [-0.4, -0.2) is 13.4 Å². The van der Waals surface area contributed by atoms with Crippen molar-refractivity contribution in [2.75, 3.05) is 4.72 Å². The second-order valence-corrected chi connectivity index (χ2v) is 6.33. The Balaban J connectivity index is 2.30. The molecule has 1 aromatic heterocycles. The van der Waals surface area contributed by atoms with Gasteiger partial charge in [-0.05, 0) is 29.8 Å². The van der Waals surface area contributed by atoms with E-state index < -0.39 is 10.0 Å². The minimum atomic E-state index is -3.65. The minimum absolute atomic E-state index is 0.114. The molecule has 0 atom stereocenters. The van der Waals surface area contributed by atoms with E-state index in [9.17, 15) is 8.42 Å². The van der Waals surface area contributed by atoms with Crippen LogP contribution in [0, 0.1) is 0 Å². The molecule has 7 heteroatoms. The van der Waals surface area contributed by atoms with Crippen LogP contribution in [0.2, 0.25) is 5.15 Å². The summed E-state index contributed by atoms with van der Waals surface area (Å²) in [6, 6.07) is 9.74. The van der Waals surface area contributed by atoms with E-state index in [1.165, 1.54) is 6.20 Å². The van der Waals surface area contributed by atoms with Gasteiger partial charge < -0.3 is 0 Å². The number of pyridine rings is 1. The van der Waals surface area contributed by atoms with Gasteiger partial charge in [0.15, 0.2) is 5.15 Å². The molecule has 0 saturated heterocycles. The monoisotopic (exact) mass is 360 g/mol. The molecule has 0 bridgehead atoms. The zero-order valence-electron chi connectivity index (χ0n) is 9.68. The van der Waals surface area contributed by atoms with Gasteiger partial charge in [-0.1, -0.05) is 39.7 Å². The van der Waals surface area contributed by atoms with Crippen molar-refractivity contribution >= 4 is 43.2 Å². The molecule has 0 aliphatic carbocycles. The molecule has 0 amide bonds. The van der Waals surface area contributed by atoms with Crippen LogP contribution in [0.1, 0.15) is 5.56 Å². The Morgan fingerprint density at radius 3 is 2.47 bits per heavy atom. The van der Waals surface area contributed by atoms with Crippen LogP contribution in [0.4, 0.5) is 5.69 Å². The topological polar surface area (TPSA) is 59.1 Å². The summed E-state index contributed by atoms with van der Waals surface area (Å²) in [7, 11) is -3.65. The van der Waals surface area contributed by atoms with Gasteiger partial charge in [-0.2, -0.15) is 0 Å². The predicted octanol–water partition coefficient (Wildman–Crippen LogP) is 3.43. The third-order valence-electron chi connectivity index (χ3n) is 2.39. The van der Waals surface area contributed by atoms with Gasteiger partial charge in [0, 0.05) is 11.5 Å². The number of nitrogens with zero attached hydrogens (tertiary/aromatic N) is 1. The molecular weight excluding hydrogens is 352 g/mol. The molecular formula is C12H10BrClN2O2S. The highest BCUT2D eigenvalue weighted by Gasteiger charge is 2.15. The molecule has 0 unspecified atom stereocenters. The fourth-order valence-corrected chi connectivity index (χ4v) is 3.09. The van der Waals surface area contributed by atoms with Crippen LogP contribution in [0.15, 0.2) is 47.5 Å². The average molecular weight is 362 g/mol. The summed E-state index contributed by atoms with van der Waals surface area (Å²) in [5, 5.41) is 0.790. The highest BCUT2D eigenvalue weighted by molar-refractivity contribution is 9.08. The van der Waals surface area contributed by atoms with Gasteiger partial charge in [-0.3, -0.25) is 4.72 Å². The molecule has 0 saturated carbocycles. The molecule has 2 rings (SSSR count). The lowest BCUT2D eigenvalue weighted by atomic mass is 10.2. The van der Waals surface area contributed by atoms with Crippen LogP contribution in [-0.2, 0) is 15.4 Å². The maximum atomic E-state index is 12.1. The van der Waals surface area contributed by atoms with Crippen molar-refractivity contribution in [2.45, 2.75) is 10.2 Å². The van der Waals surface area contributed by atoms with Crippen molar-refractivity contribution in [1.82, 2.24) is 4.98 Å². The van der Waals surface area contributed by atoms with Crippen LogP contribution < -0.4 is 4.72 Å². The Morgan fingerprint density at radius 2 is 1.89 bits per heavy atom. The summed E-state index contributed by atoms with van der Waals surface area (Å²) in [5.41, 5.74) is 1.26. The van der Waals surface area contributed by atoms with E-state index in [4.69, 9.17) is 11.6 Å². The summed E-state index contributed by atoms with van der Waals surface area (Å²) in [6.45, 7) is 0.